The molecular formula is C20H30OSi2. The van der Waals surface area contributed by atoms with E-state index in [2.05, 4.69) is 88.4 Å². The van der Waals surface area contributed by atoms with Gasteiger partial charge in [0, 0.05) is 6.61 Å². The van der Waals surface area contributed by atoms with Gasteiger partial charge in [0.25, 0.3) is 0 Å². The Morgan fingerprint density at radius 3 is 1.39 bits per heavy atom. The molecule has 0 atom stereocenters. The summed E-state index contributed by atoms with van der Waals surface area (Å²) in [7, 11) is -3.77. The van der Waals surface area contributed by atoms with E-state index in [0.29, 0.717) is 0 Å². The fourth-order valence-electron chi connectivity index (χ4n) is 4.33. The predicted molar refractivity (Wildman–Crippen MR) is 107 cm³/mol. The van der Waals surface area contributed by atoms with Crippen molar-refractivity contribution in [2.75, 3.05) is 6.61 Å². The highest BCUT2D eigenvalue weighted by Crippen LogP contribution is 2.31. The van der Waals surface area contributed by atoms with Gasteiger partial charge in [-0.15, -0.1) is 0 Å². The third kappa shape index (κ3) is 3.10. The number of hydrogen-bond donors (Lipinski definition) is 0. The van der Waals surface area contributed by atoms with Crippen LogP contribution in [0.4, 0.5) is 0 Å². The van der Waals surface area contributed by atoms with Gasteiger partial charge >= 0.3 is 0 Å². The Balaban J connectivity index is 2.78. The first-order chi connectivity index (χ1) is 11.2. The molecule has 1 nitrogen and oxygen atoms in total. The molecule has 2 aromatic rings. The van der Waals surface area contributed by atoms with Crippen molar-refractivity contribution in [3.63, 3.8) is 0 Å². The normalized spacial score (nSPS) is 12.3. The van der Waals surface area contributed by atoms with Crippen LogP contribution in [0.2, 0.25) is 18.1 Å². The van der Waals surface area contributed by atoms with E-state index in [0.717, 1.165) is 6.61 Å². The Morgan fingerprint density at radius 2 is 1.09 bits per heavy atom. The van der Waals surface area contributed by atoms with Crippen molar-refractivity contribution >= 4 is 25.8 Å². The van der Waals surface area contributed by atoms with Gasteiger partial charge in [0.1, 0.15) is 7.59 Å². The minimum atomic E-state index is -1.91. The van der Waals surface area contributed by atoms with Crippen LogP contribution in [-0.2, 0) is 4.43 Å². The lowest BCUT2D eigenvalue weighted by Crippen LogP contribution is -2.77. The molecule has 0 saturated carbocycles. The summed E-state index contributed by atoms with van der Waals surface area (Å²) in [5.41, 5.74) is 0. The second-order valence-corrected chi connectivity index (χ2v) is 18.8. The Morgan fingerprint density at radius 1 is 0.652 bits per heavy atom. The van der Waals surface area contributed by atoms with Crippen molar-refractivity contribution in [1.82, 2.24) is 0 Å². The predicted octanol–water partition coefficient (Wildman–Crippen LogP) is 4.37. The van der Waals surface area contributed by atoms with E-state index in [1.807, 2.05) is 0 Å². The van der Waals surface area contributed by atoms with Gasteiger partial charge in [-0.25, -0.2) is 0 Å². The summed E-state index contributed by atoms with van der Waals surface area (Å²) in [4.78, 5) is 0. The number of benzene rings is 2. The molecule has 0 saturated heterocycles. The quantitative estimate of drug-likeness (QED) is 0.647. The minimum absolute atomic E-state index is 0.836. The second-order valence-electron chi connectivity index (χ2n) is 6.13. The fourth-order valence-corrected chi connectivity index (χ4v) is 22.5. The maximum Gasteiger partial charge on any atom is 0.189 e. The molecule has 2 rings (SSSR count). The van der Waals surface area contributed by atoms with E-state index in [1.54, 1.807) is 10.4 Å². The molecule has 0 radical (unpaired) electrons. The van der Waals surface area contributed by atoms with E-state index in [4.69, 9.17) is 4.43 Å². The lowest BCUT2D eigenvalue weighted by atomic mass is 10.4. The molecule has 3 heteroatoms. The third-order valence-corrected chi connectivity index (χ3v) is 23.8. The van der Waals surface area contributed by atoms with Crippen LogP contribution in [0.1, 0.15) is 27.7 Å². The van der Waals surface area contributed by atoms with Crippen molar-refractivity contribution in [2.24, 2.45) is 0 Å². The van der Waals surface area contributed by atoms with Crippen LogP contribution >= 0.6 is 0 Å². The molecule has 2 aromatic carbocycles. The van der Waals surface area contributed by atoms with E-state index < -0.39 is 15.4 Å². The number of rotatable bonds is 8. The number of hydrogen-bond acceptors (Lipinski definition) is 1. The van der Waals surface area contributed by atoms with E-state index in [-0.39, 0.29) is 0 Å². The van der Waals surface area contributed by atoms with Crippen molar-refractivity contribution in [3.8, 4) is 0 Å². The van der Waals surface area contributed by atoms with Crippen LogP contribution in [0.25, 0.3) is 0 Å². The molecular weight excluding hydrogens is 312 g/mol. The molecule has 124 valence electrons. The van der Waals surface area contributed by atoms with Crippen LogP contribution in [0.5, 0.6) is 0 Å². The standard InChI is InChI=1S/C20H30OSi2/c1-5-21-22(6-2,7-3)23(8-4,19-15-11-9-12-16-19)20-17-13-10-14-18-20/h9-18H,5-8H2,1-4H3. The zero-order valence-corrected chi connectivity index (χ0v) is 17.0. The maximum atomic E-state index is 6.69. The van der Waals surface area contributed by atoms with E-state index >= 15 is 0 Å². The maximum absolute atomic E-state index is 6.69. The Bertz CT molecular complexity index is 540. The monoisotopic (exact) mass is 342 g/mol. The molecule has 0 aliphatic carbocycles. The van der Waals surface area contributed by atoms with Gasteiger partial charge in [0.15, 0.2) is 7.83 Å². The van der Waals surface area contributed by atoms with Gasteiger partial charge in [-0.2, -0.15) is 0 Å². The summed E-state index contributed by atoms with van der Waals surface area (Å²) in [6.07, 6.45) is 0. The highest BCUT2D eigenvalue weighted by molar-refractivity contribution is 7.49. The van der Waals surface area contributed by atoms with Crippen LogP contribution in [0.15, 0.2) is 60.7 Å². The first-order valence-electron chi connectivity index (χ1n) is 8.95. The first kappa shape index (κ1) is 18.2. The Kier molecular flexibility index (Phi) is 6.39. The summed E-state index contributed by atoms with van der Waals surface area (Å²) in [6, 6.07) is 26.1. The Hall–Kier alpha value is -1.17. The van der Waals surface area contributed by atoms with Crippen molar-refractivity contribution in [3.05, 3.63) is 60.7 Å². The topological polar surface area (TPSA) is 9.23 Å². The molecule has 0 bridgehead atoms. The zero-order chi connectivity index (χ0) is 16.8. The van der Waals surface area contributed by atoms with E-state index in [1.165, 1.54) is 18.1 Å². The molecule has 0 amide bonds. The molecule has 0 N–H and O–H groups in total. The van der Waals surface area contributed by atoms with Crippen LogP contribution in [-0.4, -0.2) is 22.0 Å². The van der Waals surface area contributed by atoms with Gasteiger partial charge in [-0.3, -0.25) is 0 Å². The highest BCUT2D eigenvalue weighted by Gasteiger charge is 2.55. The van der Waals surface area contributed by atoms with Gasteiger partial charge < -0.3 is 4.43 Å². The van der Waals surface area contributed by atoms with Crippen LogP contribution < -0.4 is 10.4 Å². The second kappa shape index (κ2) is 8.09. The molecule has 0 aromatic heterocycles. The highest BCUT2D eigenvalue weighted by atomic mass is 29.3. The Labute approximate surface area is 143 Å². The summed E-state index contributed by atoms with van der Waals surface area (Å²) in [6.45, 7) is 10.1. The molecule has 0 aliphatic heterocycles. The molecule has 23 heavy (non-hydrogen) atoms. The molecule has 0 spiro atoms. The van der Waals surface area contributed by atoms with Crippen LogP contribution in [0.3, 0.4) is 0 Å². The molecule has 0 heterocycles. The summed E-state index contributed by atoms with van der Waals surface area (Å²) >= 11 is 0. The van der Waals surface area contributed by atoms with Crippen molar-refractivity contribution in [2.45, 2.75) is 45.8 Å². The lowest BCUT2D eigenvalue weighted by molar-refractivity contribution is 0.333. The molecule has 0 fully saturated rings. The lowest BCUT2D eigenvalue weighted by Gasteiger charge is -2.47. The summed E-state index contributed by atoms with van der Waals surface area (Å²) in [5.74, 6) is 0. The molecule has 0 unspecified atom stereocenters. The smallest absolute Gasteiger partial charge is 0.189 e. The van der Waals surface area contributed by atoms with Gasteiger partial charge in [-0.05, 0) is 19.0 Å². The minimum Gasteiger partial charge on any atom is -0.419 e. The van der Waals surface area contributed by atoms with E-state index in [9.17, 15) is 0 Å². The third-order valence-electron chi connectivity index (χ3n) is 5.40. The average Bonchev–Trinajstić information content (AvgIpc) is 2.63. The van der Waals surface area contributed by atoms with Crippen LogP contribution in [0, 0.1) is 0 Å². The first-order valence-corrected chi connectivity index (χ1v) is 14.5. The largest absolute Gasteiger partial charge is 0.419 e. The average molecular weight is 343 g/mol. The van der Waals surface area contributed by atoms with Crippen molar-refractivity contribution in [1.29, 1.82) is 0 Å². The van der Waals surface area contributed by atoms with Gasteiger partial charge in [0.05, 0.1) is 0 Å². The zero-order valence-electron chi connectivity index (χ0n) is 15.0. The van der Waals surface area contributed by atoms with Gasteiger partial charge in [0.2, 0.25) is 0 Å². The summed E-state index contributed by atoms with van der Waals surface area (Å²) < 4.78 is 6.69. The molecule has 0 aliphatic rings. The van der Waals surface area contributed by atoms with Gasteiger partial charge in [-0.1, -0.05) is 97.9 Å². The van der Waals surface area contributed by atoms with Crippen molar-refractivity contribution < 1.29 is 4.43 Å². The SMILES string of the molecule is CCO[Si](CC)(CC)[Si](CC)(c1ccccc1)c1ccccc1. The summed E-state index contributed by atoms with van der Waals surface area (Å²) in [5, 5.41) is 3.11. The fraction of sp³-hybridized carbons (Fsp3) is 0.400.